The quantitative estimate of drug-likeness (QED) is 0.859. The maximum atomic E-state index is 12.8. The number of nitrogens with one attached hydrogen (secondary N) is 1. The molecule has 2 fully saturated rings. The third-order valence-electron chi connectivity index (χ3n) is 5.63. The zero-order valence-corrected chi connectivity index (χ0v) is 15.8. The molecule has 0 saturated carbocycles. The first-order valence-corrected chi connectivity index (χ1v) is 9.98. The Morgan fingerprint density at radius 2 is 1.81 bits per heavy atom. The van der Waals surface area contributed by atoms with Crippen LogP contribution >= 0.6 is 0 Å². The molecule has 144 valence electrons. The summed E-state index contributed by atoms with van der Waals surface area (Å²) in [5.74, 6) is 0.0119. The minimum atomic E-state index is 0.0119. The summed E-state index contributed by atoms with van der Waals surface area (Å²) in [6.45, 7) is 6.39. The second kappa shape index (κ2) is 8.63. The van der Waals surface area contributed by atoms with Gasteiger partial charge in [-0.3, -0.25) is 9.69 Å². The van der Waals surface area contributed by atoms with Gasteiger partial charge in [0.25, 0.3) is 5.91 Å². The molecule has 0 bridgehead atoms. The van der Waals surface area contributed by atoms with E-state index in [1.807, 2.05) is 15.8 Å². The molecule has 1 aromatic carbocycles. The topological polar surface area (TPSA) is 66.3 Å². The molecule has 7 heteroatoms. The van der Waals surface area contributed by atoms with Gasteiger partial charge >= 0.3 is 0 Å². The van der Waals surface area contributed by atoms with Crippen molar-refractivity contribution in [1.82, 2.24) is 30.1 Å². The van der Waals surface area contributed by atoms with Crippen molar-refractivity contribution < 1.29 is 4.79 Å². The Morgan fingerprint density at radius 3 is 2.56 bits per heavy atom. The van der Waals surface area contributed by atoms with Gasteiger partial charge in [-0.25, -0.2) is 4.68 Å². The molecule has 0 unspecified atom stereocenters. The third kappa shape index (κ3) is 4.54. The van der Waals surface area contributed by atoms with E-state index in [1.165, 1.54) is 5.56 Å². The van der Waals surface area contributed by atoms with E-state index in [-0.39, 0.29) is 5.91 Å². The van der Waals surface area contributed by atoms with E-state index in [4.69, 9.17) is 0 Å². The summed E-state index contributed by atoms with van der Waals surface area (Å²) in [4.78, 5) is 17.1. The van der Waals surface area contributed by atoms with Gasteiger partial charge < -0.3 is 10.2 Å². The van der Waals surface area contributed by atoms with Crippen LogP contribution in [-0.2, 0) is 6.42 Å². The van der Waals surface area contributed by atoms with Gasteiger partial charge in [0.05, 0.1) is 12.2 Å². The molecule has 0 spiro atoms. The number of carbonyl (C=O) groups excluding carboxylic acids is 1. The highest BCUT2D eigenvalue weighted by Crippen LogP contribution is 2.17. The second-order valence-corrected chi connectivity index (χ2v) is 7.43. The van der Waals surface area contributed by atoms with Gasteiger partial charge in [0.15, 0.2) is 5.69 Å². The van der Waals surface area contributed by atoms with E-state index in [0.29, 0.717) is 11.7 Å². The molecule has 2 aliphatic heterocycles. The van der Waals surface area contributed by atoms with Crippen molar-refractivity contribution >= 4 is 5.91 Å². The van der Waals surface area contributed by atoms with E-state index in [1.54, 1.807) is 0 Å². The number of nitrogens with zero attached hydrogens (tertiary/aromatic N) is 5. The monoisotopic (exact) mass is 368 g/mol. The average molecular weight is 368 g/mol. The Hall–Kier alpha value is -2.25. The first-order valence-electron chi connectivity index (χ1n) is 9.98. The zero-order valence-electron chi connectivity index (χ0n) is 15.8. The summed E-state index contributed by atoms with van der Waals surface area (Å²) in [6, 6.07) is 10.9. The fourth-order valence-corrected chi connectivity index (χ4v) is 3.89. The van der Waals surface area contributed by atoms with Crippen LogP contribution in [0.2, 0.25) is 0 Å². The number of piperidine rings is 1. The Labute approximate surface area is 160 Å². The molecule has 27 heavy (non-hydrogen) atoms. The van der Waals surface area contributed by atoms with Crippen LogP contribution in [-0.4, -0.2) is 76.5 Å². The molecular weight excluding hydrogens is 340 g/mol. The summed E-state index contributed by atoms with van der Waals surface area (Å²) in [5, 5.41) is 11.7. The predicted molar refractivity (Wildman–Crippen MR) is 104 cm³/mol. The number of carbonyl (C=O) groups is 1. The highest BCUT2D eigenvalue weighted by Gasteiger charge is 2.25. The Balaban J connectivity index is 1.26. The normalized spacial score (nSPS) is 19.3. The number of hydrogen-bond acceptors (Lipinski definition) is 5. The lowest BCUT2D eigenvalue weighted by Crippen LogP contribution is -2.49. The van der Waals surface area contributed by atoms with Crippen molar-refractivity contribution in [2.75, 3.05) is 45.8 Å². The lowest BCUT2D eigenvalue weighted by Gasteiger charge is -2.34. The standard InChI is InChI=1S/C20H28N6O/c27-20(19-16-26(23-22-19)18-6-9-21-10-7-18)25-14-12-24(13-15-25)11-8-17-4-2-1-3-5-17/h1-5,16,18,21H,6-15H2. The van der Waals surface area contributed by atoms with Crippen LogP contribution in [0.15, 0.2) is 36.5 Å². The number of piperazine rings is 1. The van der Waals surface area contributed by atoms with E-state index in [0.717, 1.165) is 65.1 Å². The molecule has 2 saturated heterocycles. The summed E-state index contributed by atoms with van der Waals surface area (Å²) in [5.41, 5.74) is 1.84. The highest BCUT2D eigenvalue weighted by molar-refractivity contribution is 5.92. The molecule has 0 aliphatic carbocycles. The van der Waals surface area contributed by atoms with Gasteiger partial charge in [-0.1, -0.05) is 35.5 Å². The zero-order chi connectivity index (χ0) is 18.5. The van der Waals surface area contributed by atoms with Crippen molar-refractivity contribution in [2.24, 2.45) is 0 Å². The molecule has 0 atom stereocenters. The molecule has 1 aromatic heterocycles. The minimum absolute atomic E-state index is 0.0119. The summed E-state index contributed by atoms with van der Waals surface area (Å²) in [6.07, 6.45) is 4.97. The van der Waals surface area contributed by atoms with Crippen molar-refractivity contribution in [3.8, 4) is 0 Å². The number of aromatic nitrogens is 3. The molecule has 7 nitrogen and oxygen atoms in total. The van der Waals surface area contributed by atoms with Crippen LogP contribution in [0, 0.1) is 0 Å². The molecular formula is C20H28N6O. The lowest BCUT2D eigenvalue weighted by atomic mass is 10.1. The molecule has 4 rings (SSSR count). The van der Waals surface area contributed by atoms with Crippen molar-refractivity contribution in [3.05, 3.63) is 47.8 Å². The maximum absolute atomic E-state index is 12.8. The van der Waals surface area contributed by atoms with E-state index in [9.17, 15) is 4.79 Å². The Morgan fingerprint density at radius 1 is 1.07 bits per heavy atom. The van der Waals surface area contributed by atoms with Crippen LogP contribution < -0.4 is 5.32 Å². The highest BCUT2D eigenvalue weighted by atomic mass is 16.2. The van der Waals surface area contributed by atoms with Crippen molar-refractivity contribution in [3.63, 3.8) is 0 Å². The Bertz CT molecular complexity index is 732. The van der Waals surface area contributed by atoms with Gasteiger partial charge in [-0.15, -0.1) is 5.10 Å². The number of benzene rings is 1. The van der Waals surface area contributed by atoms with Crippen LogP contribution in [0.4, 0.5) is 0 Å². The van der Waals surface area contributed by atoms with Crippen LogP contribution in [0.1, 0.15) is 34.9 Å². The van der Waals surface area contributed by atoms with E-state index in [2.05, 4.69) is 50.9 Å². The predicted octanol–water partition coefficient (Wildman–Crippen LogP) is 1.20. The fourth-order valence-electron chi connectivity index (χ4n) is 3.89. The third-order valence-corrected chi connectivity index (χ3v) is 5.63. The smallest absolute Gasteiger partial charge is 0.276 e. The molecule has 1 N–H and O–H groups in total. The van der Waals surface area contributed by atoms with E-state index < -0.39 is 0 Å². The lowest BCUT2D eigenvalue weighted by molar-refractivity contribution is 0.0632. The van der Waals surface area contributed by atoms with Crippen molar-refractivity contribution in [2.45, 2.75) is 25.3 Å². The molecule has 2 aromatic rings. The summed E-state index contributed by atoms with van der Waals surface area (Å²) < 4.78 is 1.88. The maximum Gasteiger partial charge on any atom is 0.276 e. The number of rotatable bonds is 5. The fraction of sp³-hybridized carbons (Fsp3) is 0.550. The van der Waals surface area contributed by atoms with Crippen LogP contribution in [0.3, 0.4) is 0 Å². The first-order chi connectivity index (χ1) is 13.3. The molecule has 3 heterocycles. The minimum Gasteiger partial charge on any atom is -0.335 e. The molecule has 2 aliphatic rings. The van der Waals surface area contributed by atoms with Gasteiger partial charge in [-0.05, 0) is 37.9 Å². The molecule has 1 amide bonds. The Kier molecular flexibility index (Phi) is 5.79. The van der Waals surface area contributed by atoms with Gasteiger partial charge in [-0.2, -0.15) is 0 Å². The van der Waals surface area contributed by atoms with Crippen LogP contribution in [0.25, 0.3) is 0 Å². The van der Waals surface area contributed by atoms with E-state index >= 15 is 0 Å². The van der Waals surface area contributed by atoms with Crippen molar-refractivity contribution in [1.29, 1.82) is 0 Å². The second-order valence-electron chi connectivity index (χ2n) is 7.43. The number of hydrogen-bond donors (Lipinski definition) is 1. The summed E-state index contributed by atoms with van der Waals surface area (Å²) in [7, 11) is 0. The van der Waals surface area contributed by atoms with Crippen LogP contribution in [0.5, 0.6) is 0 Å². The molecule has 0 radical (unpaired) electrons. The summed E-state index contributed by atoms with van der Waals surface area (Å²) >= 11 is 0. The number of amides is 1. The largest absolute Gasteiger partial charge is 0.335 e. The SMILES string of the molecule is O=C(c1cn(C2CCNCC2)nn1)N1CCN(CCc2ccccc2)CC1. The van der Waals surface area contributed by atoms with Gasteiger partial charge in [0.2, 0.25) is 0 Å². The van der Waals surface area contributed by atoms with Gasteiger partial charge in [0, 0.05) is 32.7 Å². The average Bonchev–Trinajstić information content (AvgIpc) is 3.24. The van der Waals surface area contributed by atoms with Gasteiger partial charge in [0.1, 0.15) is 0 Å². The first kappa shape index (κ1) is 18.1.